The Balaban J connectivity index is 0. The number of unbranched alkanes of at least 4 members (excludes halogenated alkanes) is 15. The molecule has 0 saturated heterocycles. The molecule has 26 heavy (non-hydrogen) atoms. The molecular weight excluding hydrogens is 346 g/mol. The number of rotatable bonds is 19. The minimum absolute atomic E-state index is 0. The smallest absolute Gasteiger partial charge is 0.106 e. The van der Waals surface area contributed by atoms with E-state index in [0.29, 0.717) is 0 Å². The number of hydrogen-bond donors (Lipinski definition) is 2. The first-order valence-electron chi connectivity index (χ1n) is 11.2. The molecule has 2 atom stereocenters. The summed E-state index contributed by atoms with van der Waals surface area (Å²) in [5.41, 5.74) is 0. The second-order valence-electron chi connectivity index (χ2n) is 7.80. The van der Waals surface area contributed by atoms with Crippen molar-refractivity contribution < 1.29 is 10.2 Å². The van der Waals surface area contributed by atoms with Crippen molar-refractivity contribution >= 4 is 12.4 Å². The maximum Gasteiger partial charge on any atom is 0.106 e. The van der Waals surface area contributed by atoms with Crippen LogP contribution in [0.15, 0.2) is 0 Å². The van der Waals surface area contributed by atoms with Gasteiger partial charge in [0, 0.05) is 6.54 Å². The molecule has 2 unspecified atom stereocenters. The summed E-state index contributed by atoms with van der Waals surface area (Å²) in [6.45, 7) is 6.51. The lowest BCUT2D eigenvalue weighted by Gasteiger charge is -2.27. The maximum atomic E-state index is 9.57. The van der Waals surface area contributed by atoms with E-state index in [1.54, 1.807) is 18.7 Å². The minimum atomic E-state index is -0.559. The molecule has 2 N–H and O–H groups in total. The average Bonchev–Trinajstić information content (AvgIpc) is 2.57. The SMILES string of the molecule is CCCCCCCCCCCCCCCCCCN(C(C)O)C(C)O.Cl. The summed E-state index contributed by atoms with van der Waals surface area (Å²) in [6.07, 6.45) is 20.8. The summed E-state index contributed by atoms with van der Waals surface area (Å²) in [7, 11) is 0. The quantitative estimate of drug-likeness (QED) is 0.191. The Morgan fingerprint density at radius 3 is 1.08 bits per heavy atom. The summed E-state index contributed by atoms with van der Waals surface area (Å²) >= 11 is 0. The first kappa shape index (κ1) is 28.4. The van der Waals surface area contributed by atoms with E-state index in [0.717, 1.165) is 13.0 Å². The molecule has 0 saturated carbocycles. The summed E-state index contributed by atoms with van der Waals surface area (Å²) < 4.78 is 0. The Labute approximate surface area is 170 Å². The fraction of sp³-hybridized carbons (Fsp3) is 1.00. The topological polar surface area (TPSA) is 43.7 Å². The Bertz CT molecular complexity index is 255. The zero-order valence-electron chi connectivity index (χ0n) is 17.9. The lowest BCUT2D eigenvalue weighted by Crippen LogP contribution is -2.40. The molecule has 0 heterocycles. The zero-order valence-corrected chi connectivity index (χ0v) is 18.7. The molecule has 0 aromatic heterocycles. The van der Waals surface area contributed by atoms with Crippen molar-refractivity contribution in [1.82, 2.24) is 4.90 Å². The largest absolute Gasteiger partial charge is 0.379 e. The fourth-order valence-corrected chi connectivity index (χ4v) is 3.53. The third kappa shape index (κ3) is 18.9. The van der Waals surface area contributed by atoms with Crippen LogP contribution in [-0.2, 0) is 0 Å². The lowest BCUT2D eigenvalue weighted by atomic mass is 10.0. The maximum absolute atomic E-state index is 9.57. The van der Waals surface area contributed by atoms with Crippen molar-refractivity contribution in [3.05, 3.63) is 0 Å². The van der Waals surface area contributed by atoms with E-state index in [2.05, 4.69) is 6.92 Å². The predicted octanol–water partition coefficient (Wildman–Crippen LogP) is 6.65. The fourth-order valence-electron chi connectivity index (χ4n) is 3.53. The van der Waals surface area contributed by atoms with E-state index < -0.39 is 12.5 Å². The van der Waals surface area contributed by atoms with Gasteiger partial charge in [0.05, 0.1) is 0 Å². The average molecular weight is 394 g/mol. The van der Waals surface area contributed by atoms with Crippen LogP contribution in [0.5, 0.6) is 0 Å². The number of aliphatic hydroxyl groups excluding tert-OH is 2. The molecule has 0 aliphatic carbocycles. The molecule has 4 heteroatoms. The number of halogens is 1. The van der Waals surface area contributed by atoms with Crippen LogP contribution in [0.3, 0.4) is 0 Å². The van der Waals surface area contributed by atoms with Crippen molar-refractivity contribution in [1.29, 1.82) is 0 Å². The first-order chi connectivity index (χ1) is 12.1. The van der Waals surface area contributed by atoms with Crippen LogP contribution in [-0.4, -0.2) is 34.1 Å². The number of aliphatic hydroxyl groups is 2. The van der Waals surface area contributed by atoms with Gasteiger partial charge >= 0.3 is 0 Å². The van der Waals surface area contributed by atoms with Crippen LogP contribution in [0.4, 0.5) is 0 Å². The van der Waals surface area contributed by atoms with E-state index in [9.17, 15) is 10.2 Å². The highest BCUT2D eigenvalue weighted by Crippen LogP contribution is 2.14. The van der Waals surface area contributed by atoms with Gasteiger partial charge in [-0.3, -0.25) is 4.90 Å². The standard InChI is InChI=1S/C22H47NO2.ClH/c1-4-5-6-7-8-9-10-11-12-13-14-15-16-17-18-19-20-23(21(2)24)22(3)25;/h21-22,24-25H,4-20H2,1-3H3;1H. The second-order valence-corrected chi connectivity index (χ2v) is 7.80. The van der Waals surface area contributed by atoms with E-state index in [-0.39, 0.29) is 12.4 Å². The molecule has 3 nitrogen and oxygen atoms in total. The van der Waals surface area contributed by atoms with Crippen LogP contribution in [0, 0.1) is 0 Å². The summed E-state index contributed by atoms with van der Waals surface area (Å²) in [5.74, 6) is 0. The first-order valence-corrected chi connectivity index (χ1v) is 11.2. The van der Waals surface area contributed by atoms with E-state index in [1.807, 2.05) is 0 Å². The monoisotopic (exact) mass is 393 g/mol. The molecule has 0 aliphatic rings. The van der Waals surface area contributed by atoms with Gasteiger partial charge in [-0.2, -0.15) is 0 Å². The van der Waals surface area contributed by atoms with Crippen molar-refractivity contribution in [3.8, 4) is 0 Å². The van der Waals surface area contributed by atoms with Gasteiger partial charge in [0.1, 0.15) is 12.5 Å². The summed E-state index contributed by atoms with van der Waals surface area (Å²) in [5, 5.41) is 19.1. The zero-order chi connectivity index (χ0) is 18.8. The molecule has 0 aromatic carbocycles. The van der Waals surface area contributed by atoms with Crippen LogP contribution >= 0.6 is 12.4 Å². The molecule has 0 bridgehead atoms. The normalized spacial score (nSPS) is 13.6. The molecule has 0 amide bonds. The van der Waals surface area contributed by atoms with Crippen molar-refractivity contribution in [2.75, 3.05) is 6.54 Å². The van der Waals surface area contributed by atoms with E-state index >= 15 is 0 Å². The van der Waals surface area contributed by atoms with E-state index in [4.69, 9.17) is 0 Å². The summed E-state index contributed by atoms with van der Waals surface area (Å²) in [4.78, 5) is 1.74. The van der Waals surface area contributed by atoms with Crippen LogP contribution < -0.4 is 0 Å². The van der Waals surface area contributed by atoms with Crippen LogP contribution in [0.1, 0.15) is 124 Å². The number of hydrogen-bond acceptors (Lipinski definition) is 3. The minimum Gasteiger partial charge on any atom is -0.379 e. The third-order valence-electron chi connectivity index (χ3n) is 5.23. The van der Waals surface area contributed by atoms with Crippen molar-refractivity contribution in [3.63, 3.8) is 0 Å². The van der Waals surface area contributed by atoms with Crippen molar-refractivity contribution in [2.45, 2.75) is 136 Å². The highest BCUT2D eigenvalue weighted by atomic mass is 35.5. The molecule has 160 valence electrons. The van der Waals surface area contributed by atoms with E-state index in [1.165, 1.54) is 96.3 Å². The summed E-state index contributed by atoms with van der Waals surface area (Å²) in [6, 6.07) is 0. The van der Waals surface area contributed by atoms with Gasteiger partial charge in [-0.25, -0.2) is 0 Å². The van der Waals surface area contributed by atoms with Gasteiger partial charge in [-0.05, 0) is 20.3 Å². The Kier molecular flexibility index (Phi) is 23.4. The molecule has 0 spiro atoms. The molecule has 0 aromatic rings. The Morgan fingerprint density at radius 1 is 0.538 bits per heavy atom. The number of nitrogens with zero attached hydrogens (tertiary/aromatic N) is 1. The van der Waals surface area contributed by atoms with Crippen molar-refractivity contribution in [2.24, 2.45) is 0 Å². The van der Waals surface area contributed by atoms with Crippen LogP contribution in [0.2, 0.25) is 0 Å². The van der Waals surface area contributed by atoms with Gasteiger partial charge < -0.3 is 10.2 Å². The Morgan fingerprint density at radius 2 is 0.808 bits per heavy atom. The van der Waals surface area contributed by atoms with Gasteiger partial charge in [-0.15, -0.1) is 12.4 Å². The highest BCUT2D eigenvalue weighted by molar-refractivity contribution is 5.85. The molecule has 0 aliphatic heterocycles. The Hall–Kier alpha value is 0.170. The van der Waals surface area contributed by atoms with Gasteiger partial charge in [-0.1, -0.05) is 103 Å². The molecule has 0 rings (SSSR count). The third-order valence-corrected chi connectivity index (χ3v) is 5.23. The predicted molar refractivity (Wildman–Crippen MR) is 117 cm³/mol. The molecular formula is C22H48ClNO2. The van der Waals surface area contributed by atoms with Crippen LogP contribution in [0.25, 0.3) is 0 Å². The van der Waals surface area contributed by atoms with Gasteiger partial charge in [0.2, 0.25) is 0 Å². The lowest BCUT2D eigenvalue weighted by molar-refractivity contribution is -0.0844. The van der Waals surface area contributed by atoms with Gasteiger partial charge in [0.25, 0.3) is 0 Å². The highest BCUT2D eigenvalue weighted by Gasteiger charge is 2.14. The van der Waals surface area contributed by atoms with Gasteiger partial charge in [0.15, 0.2) is 0 Å². The molecule has 0 radical (unpaired) electrons. The molecule has 0 fully saturated rings. The second kappa shape index (κ2) is 21.5.